The summed E-state index contributed by atoms with van der Waals surface area (Å²) in [4.78, 5) is 23.7. The molecule has 0 fully saturated rings. The van der Waals surface area contributed by atoms with Crippen molar-refractivity contribution in [1.82, 2.24) is 20.0 Å². The number of nitrogens with one attached hydrogen (secondary N) is 2. The standard InChI is InChI=1S/C20H21N5O3/c1-3-10-28-14-6-4-13(5-7-14)15-11-18(27)21-20-19(15)12(2)24-25(20)16-8-9-17(26)23-22-16/h4-9,15H,3,10-11H2,1-2H3,(H,21,27)(H,23,26). The molecule has 144 valence electrons. The number of nitrogens with zero attached hydrogens (tertiary/aromatic N) is 3. The number of benzene rings is 1. The molecule has 0 saturated carbocycles. The van der Waals surface area contributed by atoms with Crippen molar-refractivity contribution in [2.45, 2.75) is 32.6 Å². The number of aryl methyl sites for hydroxylation is 1. The number of hydrogen-bond donors (Lipinski definition) is 2. The van der Waals surface area contributed by atoms with E-state index < -0.39 is 0 Å². The van der Waals surface area contributed by atoms with E-state index >= 15 is 0 Å². The van der Waals surface area contributed by atoms with Gasteiger partial charge in [0.05, 0.1) is 12.3 Å². The van der Waals surface area contributed by atoms with Crippen LogP contribution in [0.3, 0.4) is 0 Å². The van der Waals surface area contributed by atoms with E-state index in [1.807, 2.05) is 31.2 Å². The fraction of sp³-hybridized carbons (Fsp3) is 0.300. The largest absolute Gasteiger partial charge is 0.494 e. The lowest BCUT2D eigenvalue weighted by Gasteiger charge is -2.24. The molecular weight excluding hydrogens is 358 g/mol. The van der Waals surface area contributed by atoms with Gasteiger partial charge in [-0.15, -0.1) is 0 Å². The van der Waals surface area contributed by atoms with Gasteiger partial charge in [-0.25, -0.2) is 5.10 Å². The quantitative estimate of drug-likeness (QED) is 0.709. The second-order valence-corrected chi connectivity index (χ2v) is 6.76. The summed E-state index contributed by atoms with van der Waals surface area (Å²) in [6.45, 7) is 4.64. The molecule has 1 amide bonds. The molecule has 1 unspecified atom stereocenters. The fourth-order valence-electron chi connectivity index (χ4n) is 3.47. The molecule has 0 radical (unpaired) electrons. The first-order valence-electron chi connectivity index (χ1n) is 9.25. The van der Waals surface area contributed by atoms with Crippen LogP contribution in [-0.4, -0.2) is 32.5 Å². The molecule has 4 rings (SSSR count). The minimum atomic E-state index is -0.297. The van der Waals surface area contributed by atoms with Gasteiger partial charge in [-0.05, 0) is 37.1 Å². The first-order chi connectivity index (χ1) is 13.6. The summed E-state index contributed by atoms with van der Waals surface area (Å²) in [5.74, 6) is 1.64. The van der Waals surface area contributed by atoms with Crippen LogP contribution in [0.1, 0.15) is 42.5 Å². The SMILES string of the molecule is CCCOc1ccc(C2CC(=O)Nc3c2c(C)nn3-c2ccc(=O)[nH]n2)cc1. The molecule has 0 bridgehead atoms. The summed E-state index contributed by atoms with van der Waals surface area (Å²) in [6.07, 6.45) is 1.29. The Morgan fingerprint density at radius 1 is 1.18 bits per heavy atom. The zero-order chi connectivity index (χ0) is 19.7. The Balaban J connectivity index is 1.74. The predicted octanol–water partition coefficient (Wildman–Crippen LogP) is 2.53. The molecule has 2 aromatic heterocycles. The number of fused-ring (bicyclic) bond motifs is 1. The van der Waals surface area contributed by atoms with Gasteiger partial charge in [0.15, 0.2) is 5.82 Å². The molecule has 3 heterocycles. The molecule has 0 aliphatic carbocycles. The number of amides is 1. The molecule has 2 N–H and O–H groups in total. The summed E-state index contributed by atoms with van der Waals surface area (Å²) in [5, 5.41) is 13.9. The summed E-state index contributed by atoms with van der Waals surface area (Å²) in [5.41, 5.74) is 2.49. The van der Waals surface area contributed by atoms with E-state index in [1.54, 1.807) is 10.7 Å². The Kier molecular flexibility index (Phi) is 4.68. The van der Waals surface area contributed by atoms with Crippen molar-refractivity contribution in [2.24, 2.45) is 0 Å². The highest BCUT2D eigenvalue weighted by Crippen LogP contribution is 2.40. The van der Waals surface area contributed by atoms with E-state index in [0.29, 0.717) is 24.7 Å². The summed E-state index contributed by atoms with van der Waals surface area (Å²) in [6, 6.07) is 10.8. The highest BCUT2D eigenvalue weighted by Gasteiger charge is 2.32. The Hall–Kier alpha value is -3.42. The third-order valence-electron chi connectivity index (χ3n) is 4.74. The lowest BCUT2D eigenvalue weighted by molar-refractivity contribution is -0.116. The van der Waals surface area contributed by atoms with Crippen LogP contribution in [0.25, 0.3) is 5.82 Å². The number of hydrogen-bond acceptors (Lipinski definition) is 5. The molecule has 1 aliphatic heterocycles. The van der Waals surface area contributed by atoms with E-state index in [2.05, 4.69) is 27.5 Å². The number of anilines is 1. The van der Waals surface area contributed by atoms with E-state index in [-0.39, 0.29) is 17.4 Å². The monoisotopic (exact) mass is 379 g/mol. The molecule has 1 aliphatic rings. The zero-order valence-corrected chi connectivity index (χ0v) is 15.7. The number of rotatable bonds is 5. The molecule has 8 heteroatoms. The Morgan fingerprint density at radius 2 is 1.96 bits per heavy atom. The smallest absolute Gasteiger partial charge is 0.264 e. The highest BCUT2D eigenvalue weighted by molar-refractivity contribution is 5.95. The molecule has 28 heavy (non-hydrogen) atoms. The molecule has 1 atom stereocenters. The summed E-state index contributed by atoms with van der Waals surface area (Å²) >= 11 is 0. The third kappa shape index (κ3) is 3.28. The van der Waals surface area contributed by atoms with Crippen molar-refractivity contribution in [1.29, 1.82) is 0 Å². The van der Waals surface area contributed by atoms with Gasteiger partial charge in [0.25, 0.3) is 5.56 Å². The number of aromatic nitrogens is 4. The van der Waals surface area contributed by atoms with Crippen LogP contribution in [0.5, 0.6) is 5.75 Å². The molecular formula is C20H21N5O3. The van der Waals surface area contributed by atoms with Crippen LogP contribution in [-0.2, 0) is 4.79 Å². The Labute approximate surface area is 161 Å². The average molecular weight is 379 g/mol. The Morgan fingerprint density at radius 3 is 2.64 bits per heavy atom. The summed E-state index contributed by atoms with van der Waals surface area (Å²) in [7, 11) is 0. The van der Waals surface area contributed by atoms with Crippen molar-refractivity contribution in [3.05, 3.63) is 63.6 Å². The maximum Gasteiger partial charge on any atom is 0.264 e. The maximum absolute atomic E-state index is 12.4. The van der Waals surface area contributed by atoms with Gasteiger partial charge in [0, 0.05) is 24.0 Å². The van der Waals surface area contributed by atoms with E-state index in [9.17, 15) is 9.59 Å². The zero-order valence-electron chi connectivity index (χ0n) is 15.7. The second-order valence-electron chi connectivity index (χ2n) is 6.76. The molecule has 3 aromatic rings. The predicted molar refractivity (Wildman–Crippen MR) is 104 cm³/mol. The number of H-pyrrole nitrogens is 1. The van der Waals surface area contributed by atoms with Gasteiger partial charge < -0.3 is 10.1 Å². The number of aromatic amines is 1. The minimum absolute atomic E-state index is 0.0885. The Bertz CT molecular complexity index is 1050. The van der Waals surface area contributed by atoms with Crippen LogP contribution in [0.2, 0.25) is 0 Å². The minimum Gasteiger partial charge on any atom is -0.494 e. The van der Waals surface area contributed by atoms with Crippen LogP contribution in [0.4, 0.5) is 5.82 Å². The van der Waals surface area contributed by atoms with Gasteiger partial charge in [-0.1, -0.05) is 19.1 Å². The first-order valence-corrected chi connectivity index (χ1v) is 9.25. The highest BCUT2D eigenvalue weighted by atomic mass is 16.5. The third-order valence-corrected chi connectivity index (χ3v) is 4.74. The van der Waals surface area contributed by atoms with Crippen molar-refractivity contribution in [3.8, 4) is 11.6 Å². The van der Waals surface area contributed by atoms with Gasteiger partial charge >= 0.3 is 0 Å². The van der Waals surface area contributed by atoms with E-state index in [1.165, 1.54) is 6.07 Å². The average Bonchev–Trinajstić information content (AvgIpc) is 3.03. The van der Waals surface area contributed by atoms with Crippen LogP contribution in [0, 0.1) is 6.92 Å². The number of carbonyl (C=O) groups excluding carboxylic acids is 1. The van der Waals surface area contributed by atoms with E-state index in [4.69, 9.17) is 4.74 Å². The van der Waals surface area contributed by atoms with Crippen LogP contribution in [0.15, 0.2) is 41.2 Å². The molecule has 0 saturated heterocycles. The van der Waals surface area contributed by atoms with Gasteiger partial charge in [0.2, 0.25) is 5.91 Å². The van der Waals surface area contributed by atoms with Crippen LogP contribution >= 0.6 is 0 Å². The fourth-order valence-corrected chi connectivity index (χ4v) is 3.47. The summed E-state index contributed by atoms with van der Waals surface area (Å²) < 4.78 is 7.21. The topological polar surface area (TPSA) is 102 Å². The maximum atomic E-state index is 12.4. The van der Waals surface area contributed by atoms with Gasteiger partial charge in [-0.3, -0.25) is 9.59 Å². The van der Waals surface area contributed by atoms with E-state index in [0.717, 1.165) is 29.0 Å². The lowest BCUT2D eigenvalue weighted by atomic mass is 9.86. The van der Waals surface area contributed by atoms with Crippen molar-refractivity contribution < 1.29 is 9.53 Å². The van der Waals surface area contributed by atoms with Crippen molar-refractivity contribution in [3.63, 3.8) is 0 Å². The van der Waals surface area contributed by atoms with Crippen molar-refractivity contribution >= 4 is 11.7 Å². The van der Waals surface area contributed by atoms with Gasteiger partial charge in [-0.2, -0.15) is 14.9 Å². The van der Waals surface area contributed by atoms with Crippen molar-refractivity contribution in [2.75, 3.05) is 11.9 Å². The molecule has 8 nitrogen and oxygen atoms in total. The van der Waals surface area contributed by atoms with Gasteiger partial charge in [0.1, 0.15) is 11.6 Å². The van der Waals surface area contributed by atoms with Crippen LogP contribution < -0.4 is 15.6 Å². The molecule has 1 aromatic carbocycles. The lowest BCUT2D eigenvalue weighted by Crippen LogP contribution is -2.25. The normalized spacial score (nSPS) is 15.8. The molecule has 0 spiro atoms. The second kappa shape index (κ2) is 7.30. The first kappa shape index (κ1) is 18.0. The number of carbonyl (C=O) groups is 1. The number of ether oxygens (including phenoxy) is 1.